The first kappa shape index (κ1) is 14.6. The number of rotatable bonds is 3. The summed E-state index contributed by atoms with van der Waals surface area (Å²) in [7, 11) is 0. The van der Waals surface area contributed by atoms with Crippen LogP contribution in [0.4, 0.5) is 0 Å². The summed E-state index contributed by atoms with van der Waals surface area (Å²) < 4.78 is 1.15. The van der Waals surface area contributed by atoms with Crippen LogP contribution in [0.2, 0.25) is 0 Å². The Labute approximate surface area is 131 Å². The first-order chi connectivity index (χ1) is 9.33. The second-order valence-electron chi connectivity index (χ2n) is 7.79. The summed E-state index contributed by atoms with van der Waals surface area (Å²) in [5, 5.41) is 3.96. The van der Waals surface area contributed by atoms with E-state index in [1.165, 1.54) is 24.8 Å². The van der Waals surface area contributed by atoms with Crippen LogP contribution < -0.4 is 5.32 Å². The standard InChI is InChI=1S/C18H26BrN/c1-12(13-5-7-15(19)8-6-13)20-16-17(2,3)14-9-10-18(16,4)11-14/h5-8,12,14,16,20H,9-11H2,1-4H3/t12-,14?,16?,18?/m0/s1. The van der Waals surface area contributed by atoms with Gasteiger partial charge >= 0.3 is 0 Å². The molecule has 3 rings (SSSR count). The van der Waals surface area contributed by atoms with Crippen LogP contribution in [0.5, 0.6) is 0 Å². The molecule has 2 saturated carbocycles. The Balaban J connectivity index is 1.78. The monoisotopic (exact) mass is 335 g/mol. The van der Waals surface area contributed by atoms with Crippen molar-refractivity contribution in [2.75, 3.05) is 0 Å². The highest BCUT2D eigenvalue weighted by Crippen LogP contribution is 2.62. The molecule has 0 aromatic heterocycles. The quantitative estimate of drug-likeness (QED) is 0.788. The molecular formula is C18H26BrN. The van der Waals surface area contributed by atoms with E-state index in [1.807, 2.05) is 0 Å². The molecule has 0 spiro atoms. The number of halogens is 1. The fourth-order valence-electron chi connectivity index (χ4n) is 4.82. The fraction of sp³-hybridized carbons (Fsp3) is 0.667. The molecule has 1 nitrogen and oxygen atoms in total. The molecule has 2 bridgehead atoms. The predicted molar refractivity (Wildman–Crippen MR) is 88.7 cm³/mol. The first-order valence-electron chi connectivity index (χ1n) is 7.84. The summed E-state index contributed by atoms with van der Waals surface area (Å²) in [4.78, 5) is 0. The molecule has 20 heavy (non-hydrogen) atoms. The van der Waals surface area contributed by atoms with E-state index in [1.54, 1.807) is 0 Å². The Kier molecular flexibility index (Phi) is 3.53. The van der Waals surface area contributed by atoms with Crippen molar-refractivity contribution in [3.63, 3.8) is 0 Å². The van der Waals surface area contributed by atoms with E-state index in [4.69, 9.17) is 0 Å². The maximum Gasteiger partial charge on any atom is 0.0294 e. The average molecular weight is 336 g/mol. The fourth-order valence-corrected chi connectivity index (χ4v) is 5.08. The molecule has 0 amide bonds. The third kappa shape index (κ3) is 2.25. The van der Waals surface area contributed by atoms with Gasteiger partial charge in [-0.2, -0.15) is 0 Å². The second-order valence-corrected chi connectivity index (χ2v) is 8.70. The van der Waals surface area contributed by atoms with Gasteiger partial charge in [0.1, 0.15) is 0 Å². The molecule has 0 heterocycles. The zero-order valence-corrected chi connectivity index (χ0v) is 14.6. The van der Waals surface area contributed by atoms with Crippen LogP contribution in [0.25, 0.3) is 0 Å². The molecule has 0 radical (unpaired) electrons. The lowest BCUT2D eigenvalue weighted by Crippen LogP contribution is -2.50. The zero-order valence-electron chi connectivity index (χ0n) is 13.0. The molecule has 2 aliphatic carbocycles. The van der Waals surface area contributed by atoms with Crippen molar-refractivity contribution in [3.8, 4) is 0 Å². The molecular weight excluding hydrogens is 310 g/mol. The maximum atomic E-state index is 3.96. The van der Waals surface area contributed by atoms with E-state index in [0.717, 1.165) is 10.4 Å². The lowest BCUT2D eigenvalue weighted by molar-refractivity contribution is 0.100. The number of fused-ring (bicyclic) bond motifs is 2. The Bertz CT molecular complexity index is 488. The van der Waals surface area contributed by atoms with E-state index in [-0.39, 0.29) is 0 Å². The Hall–Kier alpha value is -0.340. The van der Waals surface area contributed by atoms with Crippen molar-refractivity contribution in [1.82, 2.24) is 5.32 Å². The molecule has 0 saturated heterocycles. The molecule has 1 aromatic carbocycles. The van der Waals surface area contributed by atoms with E-state index < -0.39 is 0 Å². The van der Waals surface area contributed by atoms with Gasteiger partial charge in [0, 0.05) is 16.6 Å². The van der Waals surface area contributed by atoms with Gasteiger partial charge < -0.3 is 5.32 Å². The second kappa shape index (κ2) is 4.84. The van der Waals surface area contributed by atoms with Crippen LogP contribution in [0.3, 0.4) is 0 Å². The molecule has 1 aromatic rings. The SMILES string of the molecule is C[C@H](NC1C2(C)CCC(C2)C1(C)C)c1ccc(Br)cc1. The van der Waals surface area contributed by atoms with Gasteiger partial charge in [-0.05, 0) is 60.6 Å². The smallest absolute Gasteiger partial charge is 0.0294 e. The largest absolute Gasteiger partial charge is 0.306 e. The van der Waals surface area contributed by atoms with Crippen molar-refractivity contribution in [1.29, 1.82) is 0 Å². The van der Waals surface area contributed by atoms with Gasteiger partial charge in [-0.25, -0.2) is 0 Å². The molecule has 2 fully saturated rings. The minimum atomic E-state index is 0.420. The van der Waals surface area contributed by atoms with Crippen LogP contribution in [0, 0.1) is 16.7 Å². The van der Waals surface area contributed by atoms with Gasteiger partial charge in [0.15, 0.2) is 0 Å². The third-order valence-electron chi connectivity index (χ3n) is 6.06. The van der Waals surface area contributed by atoms with Crippen molar-refractivity contribution >= 4 is 15.9 Å². The number of nitrogens with one attached hydrogen (secondary N) is 1. The normalized spacial score (nSPS) is 36.2. The van der Waals surface area contributed by atoms with E-state index in [0.29, 0.717) is 22.9 Å². The minimum Gasteiger partial charge on any atom is -0.306 e. The van der Waals surface area contributed by atoms with Crippen molar-refractivity contribution in [3.05, 3.63) is 34.3 Å². The van der Waals surface area contributed by atoms with Crippen molar-refractivity contribution in [2.24, 2.45) is 16.7 Å². The van der Waals surface area contributed by atoms with Crippen LogP contribution in [0.15, 0.2) is 28.7 Å². The Morgan fingerprint density at radius 3 is 2.40 bits per heavy atom. The van der Waals surface area contributed by atoms with E-state index in [2.05, 4.69) is 73.2 Å². The summed E-state index contributed by atoms with van der Waals surface area (Å²) in [6.07, 6.45) is 4.23. The molecule has 3 unspecified atom stereocenters. The highest BCUT2D eigenvalue weighted by Gasteiger charge is 2.59. The number of hydrogen-bond donors (Lipinski definition) is 1. The summed E-state index contributed by atoms with van der Waals surface area (Å²) in [6.45, 7) is 9.73. The summed E-state index contributed by atoms with van der Waals surface area (Å²) in [6, 6.07) is 9.78. The average Bonchev–Trinajstić information content (AvgIpc) is 2.86. The molecule has 2 heteroatoms. The summed E-state index contributed by atoms with van der Waals surface area (Å²) >= 11 is 3.52. The molecule has 2 aliphatic rings. The molecule has 1 N–H and O–H groups in total. The van der Waals surface area contributed by atoms with Crippen LogP contribution in [0.1, 0.15) is 58.6 Å². The lowest BCUT2D eigenvalue weighted by atomic mass is 9.68. The highest BCUT2D eigenvalue weighted by molar-refractivity contribution is 9.10. The van der Waals surface area contributed by atoms with Gasteiger partial charge in [-0.15, -0.1) is 0 Å². The lowest BCUT2D eigenvalue weighted by Gasteiger charge is -2.44. The van der Waals surface area contributed by atoms with Crippen molar-refractivity contribution < 1.29 is 0 Å². The van der Waals surface area contributed by atoms with Crippen LogP contribution in [-0.4, -0.2) is 6.04 Å². The minimum absolute atomic E-state index is 0.420. The summed E-state index contributed by atoms with van der Waals surface area (Å²) in [5.41, 5.74) is 2.31. The highest BCUT2D eigenvalue weighted by atomic mass is 79.9. The molecule has 110 valence electrons. The van der Waals surface area contributed by atoms with Gasteiger partial charge in [0.25, 0.3) is 0 Å². The number of benzene rings is 1. The van der Waals surface area contributed by atoms with E-state index in [9.17, 15) is 0 Å². The van der Waals surface area contributed by atoms with Crippen molar-refractivity contribution in [2.45, 2.75) is 59.0 Å². The van der Waals surface area contributed by atoms with Crippen LogP contribution >= 0.6 is 15.9 Å². The maximum absolute atomic E-state index is 3.96. The van der Waals surface area contributed by atoms with Gasteiger partial charge in [-0.1, -0.05) is 48.8 Å². The van der Waals surface area contributed by atoms with Gasteiger partial charge in [0.05, 0.1) is 0 Å². The van der Waals surface area contributed by atoms with E-state index >= 15 is 0 Å². The third-order valence-corrected chi connectivity index (χ3v) is 6.59. The molecule has 4 atom stereocenters. The predicted octanol–water partition coefficient (Wildman–Crippen LogP) is 5.31. The zero-order chi connectivity index (χ0) is 14.5. The number of hydrogen-bond acceptors (Lipinski definition) is 1. The Morgan fingerprint density at radius 2 is 1.85 bits per heavy atom. The van der Waals surface area contributed by atoms with Crippen LogP contribution in [-0.2, 0) is 0 Å². The topological polar surface area (TPSA) is 12.0 Å². The first-order valence-corrected chi connectivity index (χ1v) is 8.64. The Morgan fingerprint density at radius 1 is 1.20 bits per heavy atom. The van der Waals surface area contributed by atoms with Gasteiger partial charge in [0.2, 0.25) is 0 Å². The molecule has 0 aliphatic heterocycles. The van der Waals surface area contributed by atoms with Gasteiger partial charge in [-0.3, -0.25) is 0 Å². The summed E-state index contributed by atoms with van der Waals surface area (Å²) in [5.74, 6) is 0.905.